The molecule has 6 heteroatoms. The summed E-state index contributed by atoms with van der Waals surface area (Å²) in [6.07, 6.45) is 0.231. The number of ether oxygens (including phenoxy) is 3. The van der Waals surface area contributed by atoms with Gasteiger partial charge in [0, 0.05) is 11.1 Å². The fourth-order valence-electron chi connectivity index (χ4n) is 2.22. The van der Waals surface area contributed by atoms with Gasteiger partial charge in [0.15, 0.2) is 11.5 Å². The van der Waals surface area contributed by atoms with Crippen molar-refractivity contribution >= 4 is 17.5 Å². The third-order valence-corrected chi connectivity index (χ3v) is 3.83. The highest BCUT2D eigenvalue weighted by Gasteiger charge is 2.13. The Morgan fingerprint density at radius 2 is 2.00 bits per heavy atom. The average Bonchev–Trinajstić information content (AvgIpc) is 3.08. The average molecular weight is 358 g/mol. The highest BCUT2D eigenvalue weighted by atomic mass is 35.5. The van der Waals surface area contributed by atoms with E-state index in [1.165, 1.54) is 0 Å². The van der Waals surface area contributed by atoms with E-state index in [9.17, 15) is 4.79 Å². The highest BCUT2D eigenvalue weighted by molar-refractivity contribution is 6.31. The molecular formula is C19H16ClNO4. The number of halogens is 1. The van der Waals surface area contributed by atoms with Gasteiger partial charge in [-0.1, -0.05) is 41.6 Å². The second-order valence-corrected chi connectivity index (χ2v) is 5.61. The minimum atomic E-state index is -0.126. The molecule has 128 valence electrons. The Hall–Kier alpha value is -2.84. The van der Waals surface area contributed by atoms with E-state index >= 15 is 0 Å². The molecule has 25 heavy (non-hydrogen) atoms. The third-order valence-electron chi connectivity index (χ3n) is 3.46. The number of hydrogen-bond acceptors (Lipinski definition) is 4. The van der Waals surface area contributed by atoms with Crippen LogP contribution >= 0.6 is 11.6 Å². The van der Waals surface area contributed by atoms with Crippen molar-refractivity contribution in [1.29, 1.82) is 0 Å². The number of benzene rings is 2. The Kier molecular flexibility index (Phi) is 5.65. The summed E-state index contributed by atoms with van der Waals surface area (Å²) >= 11 is 6.02. The van der Waals surface area contributed by atoms with Crippen LogP contribution in [0.1, 0.15) is 5.56 Å². The van der Waals surface area contributed by atoms with Gasteiger partial charge in [-0.3, -0.25) is 4.79 Å². The number of nitrogens with one attached hydrogen (secondary N) is 1. The summed E-state index contributed by atoms with van der Waals surface area (Å²) in [4.78, 5) is 11.8. The summed E-state index contributed by atoms with van der Waals surface area (Å²) in [5.41, 5.74) is 0.792. The van der Waals surface area contributed by atoms with Gasteiger partial charge in [0.25, 0.3) is 0 Å². The Morgan fingerprint density at radius 3 is 2.88 bits per heavy atom. The van der Waals surface area contributed by atoms with Crippen LogP contribution in [0.4, 0.5) is 0 Å². The maximum Gasteiger partial charge on any atom is 0.231 e. The van der Waals surface area contributed by atoms with Crippen LogP contribution in [0.2, 0.25) is 5.02 Å². The Balaban J connectivity index is 1.38. The summed E-state index contributed by atoms with van der Waals surface area (Å²) in [6, 6.07) is 12.6. The first-order valence-corrected chi connectivity index (χ1v) is 8.08. The molecule has 0 radical (unpaired) electrons. The van der Waals surface area contributed by atoms with Gasteiger partial charge < -0.3 is 19.5 Å². The van der Waals surface area contributed by atoms with Crippen molar-refractivity contribution < 1.29 is 19.0 Å². The fourth-order valence-corrected chi connectivity index (χ4v) is 2.42. The minimum absolute atomic E-state index is 0.126. The van der Waals surface area contributed by atoms with Crippen LogP contribution in [-0.2, 0) is 11.2 Å². The van der Waals surface area contributed by atoms with Gasteiger partial charge in [0.05, 0.1) is 13.0 Å². The first-order chi connectivity index (χ1) is 12.2. The van der Waals surface area contributed by atoms with Crippen LogP contribution < -0.4 is 19.5 Å². The van der Waals surface area contributed by atoms with Crippen LogP contribution in [0, 0.1) is 11.8 Å². The summed E-state index contributed by atoms with van der Waals surface area (Å²) in [5.74, 6) is 7.59. The predicted octanol–water partition coefficient (Wildman–Crippen LogP) is 2.81. The molecule has 0 unspecified atom stereocenters. The number of carbonyl (C=O) groups excluding carboxylic acids is 1. The van der Waals surface area contributed by atoms with Crippen molar-refractivity contribution in [3.05, 3.63) is 53.1 Å². The van der Waals surface area contributed by atoms with E-state index in [0.29, 0.717) is 22.3 Å². The molecule has 2 aromatic carbocycles. The van der Waals surface area contributed by atoms with Crippen molar-refractivity contribution in [1.82, 2.24) is 5.32 Å². The molecule has 5 nitrogen and oxygen atoms in total. The lowest BCUT2D eigenvalue weighted by Gasteiger charge is -2.04. The van der Waals surface area contributed by atoms with Gasteiger partial charge >= 0.3 is 0 Å². The van der Waals surface area contributed by atoms with E-state index in [0.717, 1.165) is 5.56 Å². The Morgan fingerprint density at radius 1 is 1.16 bits per heavy atom. The number of hydrogen-bond donors (Lipinski definition) is 1. The minimum Gasteiger partial charge on any atom is -0.481 e. The molecule has 0 spiro atoms. The number of rotatable bonds is 5. The molecule has 1 heterocycles. The third kappa shape index (κ3) is 4.82. The van der Waals surface area contributed by atoms with Gasteiger partial charge in [-0.05, 0) is 23.8 Å². The number of fused-ring (bicyclic) bond motifs is 1. The van der Waals surface area contributed by atoms with Crippen LogP contribution in [0.25, 0.3) is 0 Å². The first kappa shape index (κ1) is 17.0. The quantitative estimate of drug-likeness (QED) is 0.836. The van der Waals surface area contributed by atoms with Gasteiger partial charge in [-0.25, -0.2) is 0 Å². The molecule has 0 atom stereocenters. The van der Waals surface area contributed by atoms with Crippen LogP contribution in [0.3, 0.4) is 0 Å². The van der Waals surface area contributed by atoms with E-state index in [4.69, 9.17) is 25.8 Å². The molecule has 0 fully saturated rings. The summed E-state index contributed by atoms with van der Waals surface area (Å²) in [7, 11) is 0. The largest absolute Gasteiger partial charge is 0.481 e. The van der Waals surface area contributed by atoms with Gasteiger partial charge in [-0.2, -0.15) is 0 Å². The molecule has 0 saturated carbocycles. The second kappa shape index (κ2) is 8.32. The molecule has 0 bridgehead atoms. The van der Waals surface area contributed by atoms with Crippen molar-refractivity contribution in [2.45, 2.75) is 6.42 Å². The lowest BCUT2D eigenvalue weighted by molar-refractivity contribution is -0.120. The van der Waals surface area contributed by atoms with Crippen LogP contribution in [0.5, 0.6) is 17.2 Å². The summed E-state index contributed by atoms with van der Waals surface area (Å²) in [5, 5.41) is 3.31. The first-order valence-electron chi connectivity index (χ1n) is 7.70. The second-order valence-electron chi connectivity index (χ2n) is 5.20. The maximum absolute atomic E-state index is 11.8. The van der Waals surface area contributed by atoms with E-state index in [2.05, 4.69) is 17.2 Å². The van der Waals surface area contributed by atoms with Gasteiger partial charge in [-0.15, -0.1) is 0 Å². The van der Waals surface area contributed by atoms with Crippen LogP contribution in [0.15, 0.2) is 42.5 Å². The standard InChI is InChI=1S/C19H16ClNO4/c20-16-6-2-1-5-14(16)11-19(22)21-9-3-4-10-23-15-7-8-17-18(12-15)25-13-24-17/h1-2,5-8,12H,9-11,13H2,(H,21,22). The van der Waals surface area contributed by atoms with Gasteiger partial charge in [0.2, 0.25) is 12.7 Å². The molecule has 0 saturated heterocycles. The number of carbonyl (C=O) groups is 1. The van der Waals surface area contributed by atoms with E-state index < -0.39 is 0 Å². The SMILES string of the molecule is O=C(Cc1ccccc1Cl)NCC#CCOc1ccc2c(c1)OCO2. The van der Waals surface area contributed by atoms with Crippen molar-refractivity contribution in [2.24, 2.45) is 0 Å². The van der Waals surface area contributed by atoms with E-state index in [-0.39, 0.29) is 32.3 Å². The molecule has 1 aliphatic rings. The molecule has 2 aromatic rings. The smallest absolute Gasteiger partial charge is 0.231 e. The molecule has 3 rings (SSSR count). The van der Waals surface area contributed by atoms with Crippen molar-refractivity contribution in [2.75, 3.05) is 19.9 Å². The highest BCUT2D eigenvalue weighted by Crippen LogP contribution is 2.34. The molecule has 1 amide bonds. The summed E-state index contributed by atoms with van der Waals surface area (Å²) < 4.78 is 16.0. The van der Waals surface area contributed by atoms with Crippen molar-refractivity contribution in [3.63, 3.8) is 0 Å². The molecule has 1 N–H and O–H groups in total. The van der Waals surface area contributed by atoms with Gasteiger partial charge in [0.1, 0.15) is 12.4 Å². The van der Waals surface area contributed by atoms with E-state index in [1.54, 1.807) is 24.3 Å². The van der Waals surface area contributed by atoms with E-state index in [1.807, 2.05) is 18.2 Å². The Labute approximate surface area is 150 Å². The monoisotopic (exact) mass is 357 g/mol. The zero-order valence-electron chi connectivity index (χ0n) is 13.4. The molecule has 1 aliphatic heterocycles. The number of amides is 1. The zero-order chi connectivity index (χ0) is 17.5. The summed E-state index contributed by atoms with van der Waals surface area (Å²) in [6.45, 7) is 0.709. The lowest BCUT2D eigenvalue weighted by atomic mass is 10.1. The van der Waals surface area contributed by atoms with Crippen molar-refractivity contribution in [3.8, 4) is 29.1 Å². The normalized spacial score (nSPS) is 11.4. The molecular weight excluding hydrogens is 342 g/mol. The van der Waals surface area contributed by atoms with Crippen LogP contribution in [-0.4, -0.2) is 25.9 Å². The zero-order valence-corrected chi connectivity index (χ0v) is 14.1. The molecule has 0 aromatic heterocycles. The topological polar surface area (TPSA) is 56.8 Å². The lowest BCUT2D eigenvalue weighted by Crippen LogP contribution is -2.25. The maximum atomic E-state index is 11.8. The Bertz CT molecular complexity index is 826. The fraction of sp³-hybridized carbons (Fsp3) is 0.211. The molecule has 0 aliphatic carbocycles. The predicted molar refractivity (Wildman–Crippen MR) is 94.0 cm³/mol.